The molecule has 0 saturated carbocycles. The number of hydrogen-bond acceptors (Lipinski definition) is 6. The smallest absolute Gasteiger partial charge is 0.244 e. The third-order valence-corrected chi connectivity index (χ3v) is 4.14. The van der Waals surface area contributed by atoms with Crippen LogP contribution in [0.5, 0.6) is 11.6 Å². The van der Waals surface area contributed by atoms with Gasteiger partial charge in [0.1, 0.15) is 12.0 Å². The molecule has 1 unspecified atom stereocenters. The van der Waals surface area contributed by atoms with Crippen LogP contribution in [-0.4, -0.2) is 26.7 Å². The third-order valence-electron chi connectivity index (χ3n) is 3.19. The molecule has 4 N–H and O–H groups in total. The van der Waals surface area contributed by atoms with E-state index in [9.17, 15) is 8.42 Å². The Hall–Kier alpha value is -2.16. The topological polar surface area (TPSA) is 118 Å². The lowest BCUT2D eigenvalue weighted by molar-refractivity contribution is 0.204. The van der Waals surface area contributed by atoms with Crippen molar-refractivity contribution in [1.29, 1.82) is 0 Å². The van der Waals surface area contributed by atoms with Gasteiger partial charge in [-0.25, -0.2) is 18.5 Å². The summed E-state index contributed by atoms with van der Waals surface area (Å²) >= 11 is 0. The van der Waals surface area contributed by atoms with E-state index in [1.807, 2.05) is 13.0 Å². The van der Waals surface area contributed by atoms with Gasteiger partial charge in [0.25, 0.3) is 0 Å². The molecule has 0 aliphatic rings. The molecule has 1 heterocycles. The highest BCUT2D eigenvalue weighted by molar-refractivity contribution is 7.89. The molecule has 1 aromatic heterocycles. The molecular weight excluding hydrogens is 318 g/mol. The fourth-order valence-electron chi connectivity index (χ4n) is 2.08. The van der Waals surface area contributed by atoms with Crippen molar-refractivity contribution in [2.45, 2.75) is 24.5 Å². The average molecular weight is 337 g/mol. The van der Waals surface area contributed by atoms with Crippen LogP contribution in [0.3, 0.4) is 0 Å². The van der Waals surface area contributed by atoms with Gasteiger partial charge < -0.3 is 9.47 Å². The molecule has 2 aromatic rings. The van der Waals surface area contributed by atoms with Gasteiger partial charge in [0, 0.05) is 0 Å². The van der Waals surface area contributed by atoms with Gasteiger partial charge in [0.05, 0.1) is 18.9 Å². The van der Waals surface area contributed by atoms with Crippen molar-refractivity contribution in [2.24, 2.45) is 10.9 Å². The maximum absolute atomic E-state index is 12.1. The second-order valence-corrected chi connectivity index (χ2v) is 6.31. The molecule has 0 spiro atoms. The predicted octanol–water partition coefficient (Wildman–Crippen LogP) is 1.48. The first-order chi connectivity index (χ1) is 10.9. The average Bonchev–Trinajstić information content (AvgIpc) is 2.54. The number of aromatic nitrogens is 1. The largest absolute Gasteiger partial charge is 0.480 e. The Morgan fingerprint density at radius 3 is 2.43 bits per heavy atom. The molecular formula is C15H19N3O4S. The summed E-state index contributed by atoms with van der Waals surface area (Å²) in [6.07, 6.45) is 1.33. The SMILES string of the molecule is CCC(N)Oc1cnc(OC)c(S(N)(=O)=O)c1-c1ccccc1. The third kappa shape index (κ3) is 3.79. The Morgan fingerprint density at radius 2 is 1.91 bits per heavy atom. The number of nitrogens with two attached hydrogens (primary N) is 2. The summed E-state index contributed by atoms with van der Waals surface area (Å²) in [5, 5.41) is 5.37. The van der Waals surface area contributed by atoms with Crippen molar-refractivity contribution in [2.75, 3.05) is 7.11 Å². The predicted molar refractivity (Wildman–Crippen MR) is 86.5 cm³/mol. The number of sulfonamides is 1. The van der Waals surface area contributed by atoms with Crippen molar-refractivity contribution < 1.29 is 17.9 Å². The van der Waals surface area contributed by atoms with Crippen molar-refractivity contribution in [3.05, 3.63) is 36.5 Å². The molecule has 0 aliphatic carbocycles. The number of primary sulfonamides is 1. The van der Waals surface area contributed by atoms with E-state index in [0.29, 0.717) is 12.0 Å². The van der Waals surface area contributed by atoms with Gasteiger partial charge in [0.15, 0.2) is 4.90 Å². The van der Waals surface area contributed by atoms with Crippen molar-refractivity contribution >= 4 is 10.0 Å². The standard InChI is InChI=1S/C15H19N3O4S/c1-3-12(16)22-11-9-18-15(21-2)14(23(17,19)20)13(11)10-7-5-4-6-8-10/h4-9,12H,3,16H2,1-2H3,(H2,17,19,20). The van der Waals surface area contributed by atoms with E-state index in [1.54, 1.807) is 24.3 Å². The van der Waals surface area contributed by atoms with Crippen LogP contribution in [0.1, 0.15) is 13.3 Å². The van der Waals surface area contributed by atoms with Gasteiger partial charge in [-0.1, -0.05) is 37.3 Å². The van der Waals surface area contributed by atoms with Gasteiger partial charge in [-0.3, -0.25) is 5.73 Å². The summed E-state index contributed by atoms with van der Waals surface area (Å²) < 4.78 is 34.9. The number of benzene rings is 1. The van der Waals surface area contributed by atoms with Gasteiger partial charge >= 0.3 is 0 Å². The van der Waals surface area contributed by atoms with E-state index in [4.69, 9.17) is 20.3 Å². The lowest BCUT2D eigenvalue weighted by atomic mass is 10.1. The van der Waals surface area contributed by atoms with Crippen LogP contribution >= 0.6 is 0 Å². The second-order valence-electron chi connectivity index (χ2n) is 4.81. The molecule has 0 saturated heterocycles. The summed E-state index contributed by atoms with van der Waals surface area (Å²) in [6, 6.07) is 8.86. The van der Waals surface area contributed by atoms with Crippen molar-refractivity contribution in [3.8, 4) is 22.8 Å². The summed E-state index contributed by atoms with van der Waals surface area (Å²) in [6.45, 7) is 1.85. The summed E-state index contributed by atoms with van der Waals surface area (Å²) in [7, 11) is -2.77. The number of hydrogen-bond donors (Lipinski definition) is 2. The van der Waals surface area contributed by atoms with Crippen molar-refractivity contribution in [1.82, 2.24) is 4.98 Å². The van der Waals surface area contributed by atoms with Crippen LogP contribution in [0.2, 0.25) is 0 Å². The number of methoxy groups -OCH3 is 1. The van der Waals surface area contributed by atoms with Crippen LogP contribution in [0.15, 0.2) is 41.4 Å². The zero-order chi connectivity index (χ0) is 17.0. The number of ether oxygens (including phenoxy) is 2. The quantitative estimate of drug-likeness (QED) is 0.771. The minimum atomic E-state index is -4.10. The zero-order valence-corrected chi connectivity index (χ0v) is 13.7. The zero-order valence-electron chi connectivity index (χ0n) is 12.9. The molecule has 1 aromatic carbocycles. The molecule has 0 fully saturated rings. The van der Waals surface area contributed by atoms with Crippen molar-refractivity contribution in [3.63, 3.8) is 0 Å². The van der Waals surface area contributed by atoms with Crippen LogP contribution in [0.4, 0.5) is 0 Å². The number of pyridine rings is 1. The van der Waals surface area contributed by atoms with Crippen LogP contribution < -0.4 is 20.3 Å². The highest BCUT2D eigenvalue weighted by Crippen LogP contribution is 2.39. The van der Waals surface area contributed by atoms with Gasteiger partial charge in [-0.2, -0.15) is 0 Å². The summed E-state index contributed by atoms with van der Waals surface area (Å²) in [4.78, 5) is 3.75. The van der Waals surface area contributed by atoms with Gasteiger partial charge in [-0.05, 0) is 12.0 Å². The molecule has 1 atom stereocenters. The molecule has 23 heavy (non-hydrogen) atoms. The normalized spacial score (nSPS) is 12.7. The first kappa shape index (κ1) is 17.2. The lowest BCUT2D eigenvalue weighted by Gasteiger charge is -2.19. The maximum atomic E-state index is 12.1. The van der Waals surface area contributed by atoms with Gasteiger partial charge in [0.2, 0.25) is 15.9 Å². The minimum Gasteiger partial charge on any atom is -0.480 e. The molecule has 8 heteroatoms. The minimum absolute atomic E-state index is 0.0937. The maximum Gasteiger partial charge on any atom is 0.244 e. The van der Waals surface area contributed by atoms with E-state index >= 15 is 0 Å². The molecule has 7 nitrogen and oxygen atoms in total. The Labute approximate surface area is 135 Å². The first-order valence-corrected chi connectivity index (χ1v) is 8.50. The Morgan fingerprint density at radius 1 is 1.26 bits per heavy atom. The fourth-order valence-corrected chi connectivity index (χ4v) is 2.96. The Kier molecular flexibility index (Phi) is 5.19. The van der Waals surface area contributed by atoms with Gasteiger partial charge in [-0.15, -0.1) is 0 Å². The fraction of sp³-hybridized carbons (Fsp3) is 0.267. The summed E-state index contributed by atoms with van der Waals surface area (Å²) in [5.41, 5.74) is 6.71. The summed E-state index contributed by atoms with van der Waals surface area (Å²) in [5.74, 6) is 0.138. The monoisotopic (exact) mass is 337 g/mol. The molecule has 2 rings (SSSR count). The molecule has 0 amide bonds. The number of nitrogens with zero attached hydrogens (tertiary/aromatic N) is 1. The van der Waals surface area contributed by atoms with E-state index < -0.39 is 16.3 Å². The van der Waals surface area contributed by atoms with Crippen LogP contribution in [0.25, 0.3) is 11.1 Å². The van der Waals surface area contributed by atoms with E-state index in [0.717, 1.165) is 0 Å². The van der Waals surface area contributed by atoms with E-state index in [-0.39, 0.29) is 22.1 Å². The van der Waals surface area contributed by atoms with Crippen LogP contribution in [0, 0.1) is 0 Å². The number of rotatable bonds is 6. The molecule has 0 radical (unpaired) electrons. The molecule has 0 bridgehead atoms. The van der Waals surface area contributed by atoms with E-state index in [2.05, 4.69) is 4.98 Å². The lowest BCUT2D eigenvalue weighted by Crippen LogP contribution is -2.26. The first-order valence-electron chi connectivity index (χ1n) is 6.96. The Bertz CT molecular complexity index is 779. The van der Waals surface area contributed by atoms with Crippen LogP contribution in [-0.2, 0) is 10.0 Å². The van der Waals surface area contributed by atoms with E-state index in [1.165, 1.54) is 13.3 Å². The highest BCUT2D eigenvalue weighted by Gasteiger charge is 2.27. The Balaban J connectivity index is 2.79. The molecule has 124 valence electrons. The second kappa shape index (κ2) is 6.95. The molecule has 0 aliphatic heterocycles. The highest BCUT2D eigenvalue weighted by atomic mass is 32.2.